The van der Waals surface area contributed by atoms with Gasteiger partial charge in [0.2, 0.25) is 6.41 Å². The second kappa shape index (κ2) is 5.30. The standard InChI is InChI=1S/C15H15F3N2O2/c1-9-2-3-10(7-20(9)8-21)14-19-12-6-11(15(16,17)18)4-5-13(12)22-14/h4-6,8-10H,2-3,7H2,1H3/t9-,10-/m1/s1. The zero-order valence-corrected chi connectivity index (χ0v) is 11.9. The van der Waals surface area contributed by atoms with Crippen LogP contribution >= 0.6 is 0 Å². The molecule has 3 rings (SSSR count). The van der Waals surface area contributed by atoms with Crippen molar-refractivity contribution in [3.8, 4) is 0 Å². The molecule has 22 heavy (non-hydrogen) atoms. The average Bonchev–Trinajstić information content (AvgIpc) is 2.89. The highest BCUT2D eigenvalue weighted by Gasteiger charge is 2.32. The van der Waals surface area contributed by atoms with Gasteiger partial charge in [0.05, 0.1) is 11.5 Å². The summed E-state index contributed by atoms with van der Waals surface area (Å²) in [4.78, 5) is 16.9. The molecular formula is C15H15F3N2O2. The second-order valence-corrected chi connectivity index (χ2v) is 5.66. The lowest BCUT2D eigenvalue weighted by Crippen LogP contribution is -2.39. The monoisotopic (exact) mass is 312 g/mol. The Morgan fingerprint density at radius 1 is 1.36 bits per heavy atom. The molecule has 0 unspecified atom stereocenters. The van der Waals surface area contributed by atoms with Gasteiger partial charge >= 0.3 is 6.18 Å². The van der Waals surface area contributed by atoms with Gasteiger partial charge in [-0.15, -0.1) is 0 Å². The summed E-state index contributed by atoms with van der Waals surface area (Å²) < 4.78 is 43.7. The minimum Gasteiger partial charge on any atom is -0.440 e. The van der Waals surface area contributed by atoms with Crippen molar-refractivity contribution in [2.24, 2.45) is 0 Å². The molecule has 0 radical (unpaired) electrons. The molecule has 0 aliphatic carbocycles. The third kappa shape index (κ3) is 2.67. The number of carbonyl (C=O) groups excluding carboxylic acids is 1. The molecule has 0 spiro atoms. The summed E-state index contributed by atoms with van der Waals surface area (Å²) in [5, 5.41) is 0. The number of alkyl halides is 3. The van der Waals surface area contributed by atoms with Crippen LogP contribution in [0, 0.1) is 0 Å². The summed E-state index contributed by atoms with van der Waals surface area (Å²) in [6.45, 7) is 2.44. The highest BCUT2D eigenvalue weighted by Crippen LogP contribution is 2.34. The Balaban J connectivity index is 1.90. The van der Waals surface area contributed by atoms with Crippen molar-refractivity contribution in [1.29, 1.82) is 0 Å². The molecule has 1 saturated heterocycles. The van der Waals surface area contributed by atoms with Crippen LogP contribution in [0.4, 0.5) is 13.2 Å². The summed E-state index contributed by atoms with van der Waals surface area (Å²) in [5.41, 5.74) is -0.216. The number of oxazole rings is 1. The maximum atomic E-state index is 12.7. The van der Waals surface area contributed by atoms with Gasteiger partial charge in [-0.3, -0.25) is 4.79 Å². The lowest BCUT2D eigenvalue weighted by atomic mass is 9.94. The normalized spacial score (nSPS) is 23.0. The Morgan fingerprint density at radius 3 is 2.82 bits per heavy atom. The molecule has 2 heterocycles. The van der Waals surface area contributed by atoms with Gasteiger partial charge in [-0.1, -0.05) is 0 Å². The molecule has 7 heteroatoms. The van der Waals surface area contributed by atoms with Crippen molar-refractivity contribution in [3.63, 3.8) is 0 Å². The SMILES string of the molecule is C[C@@H]1CC[C@@H](c2nc3cc(C(F)(F)F)ccc3o2)CN1C=O. The van der Waals surface area contributed by atoms with E-state index >= 15 is 0 Å². The molecule has 0 saturated carbocycles. The zero-order valence-electron chi connectivity index (χ0n) is 11.9. The Labute approximate surface area is 124 Å². The van der Waals surface area contributed by atoms with E-state index in [4.69, 9.17) is 4.42 Å². The number of hydrogen-bond donors (Lipinski definition) is 0. The molecule has 0 bridgehead atoms. The number of aromatic nitrogens is 1. The molecule has 1 aromatic carbocycles. The number of benzene rings is 1. The van der Waals surface area contributed by atoms with E-state index in [9.17, 15) is 18.0 Å². The van der Waals surface area contributed by atoms with Gasteiger partial charge in [0.1, 0.15) is 5.52 Å². The van der Waals surface area contributed by atoms with Gasteiger partial charge in [0.25, 0.3) is 0 Å². The highest BCUT2D eigenvalue weighted by molar-refractivity contribution is 5.73. The van der Waals surface area contributed by atoms with Crippen molar-refractivity contribution in [2.45, 2.75) is 37.9 Å². The summed E-state index contributed by atoms with van der Waals surface area (Å²) in [7, 11) is 0. The summed E-state index contributed by atoms with van der Waals surface area (Å²) in [6, 6.07) is 3.43. The molecule has 1 aromatic heterocycles. The number of nitrogens with zero attached hydrogens (tertiary/aromatic N) is 2. The van der Waals surface area contributed by atoms with Gasteiger partial charge < -0.3 is 9.32 Å². The quantitative estimate of drug-likeness (QED) is 0.796. The first-order valence-corrected chi connectivity index (χ1v) is 7.07. The molecule has 2 atom stereocenters. The fourth-order valence-electron chi connectivity index (χ4n) is 2.78. The number of halogens is 3. The molecule has 4 nitrogen and oxygen atoms in total. The van der Waals surface area contributed by atoms with E-state index in [1.165, 1.54) is 6.07 Å². The van der Waals surface area contributed by atoms with Gasteiger partial charge in [0.15, 0.2) is 11.5 Å². The van der Waals surface area contributed by atoms with Crippen molar-refractivity contribution in [2.75, 3.05) is 6.54 Å². The number of amides is 1. The van der Waals surface area contributed by atoms with E-state index in [-0.39, 0.29) is 17.5 Å². The van der Waals surface area contributed by atoms with E-state index in [1.807, 2.05) is 6.92 Å². The predicted molar refractivity (Wildman–Crippen MR) is 73.2 cm³/mol. The average molecular weight is 312 g/mol. The number of carbonyl (C=O) groups is 1. The predicted octanol–water partition coefficient (Wildman–Crippen LogP) is 3.57. The number of fused-ring (bicyclic) bond motifs is 1. The van der Waals surface area contributed by atoms with Crippen LogP contribution in [0.3, 0.4) is 0 Å². The Morgan fingerprint density at radius 2 is 2.14 bits per heavy atom. The number of rotatable bonds is 2. The van der Waals surface area contributed by atoms with E-state index in [2.05, 4.69) is 4.98 Å². The van der Waals surface area contributed by atoms with Gasteiger partial charge in [-0.2, -0.15) is 13.2 Å². The third-order valence-corrected chi connectivity index (χ3v) is 4.15. The Kier molecular flexibility index (Phi) is 3.58. The van der Waals surface area contributed by atoms with Crippen LogP contribution in [0.25, 0.3) is 11.1 Å². The fourth-order valence-corrected chi connectivity index (χ4v) is 2.78. The molecule has 1 aliphatic rings. The van der Waals surface area contributed by atoms with Gasteiger partial charge in [-0.25, -0.2) is 4.98 Å². The molecule has 118 valence electrons. The topological polar surface area (TPSA) is 46.3 Å². The third-order valence-electron chi connectivity index (χ3n) is 4.15. The van der Waals surface area contributed by atoms with Crippen LogP contribution in [0.15, 0.2) is 22.6 Å². The summed E-state index contributed by atoms with van der Waals surface area (Å²) >= 11 is 0. The van der Waals surface area contributed by atoms with Crippen LogP contribution in [-0.4, -0.2) is 28.9 Å². The molecule has 0 N–H and O–H groups in total. The van der Waals surface area contributed by atoms with Crippen molar-refractivity contribution < 1.29 is 22.4 Å². The first-order chi connectivity index (χ1) is 10.4. The fraction of sp³-hybridized carbons (Fsp3) is 0.467. The van der Waals surface area contributed by atoms with E-state index < -0.39 is 11.7 Å². The van der Waals surface area contributed by atoms with Crippen LogP contribution in [-0.2, 0) is 11.0 Å². The number of hydrogen-bond acceptors (Lipinski definition) is 3. The first kappa shape index (κ1) is 14.9. The van der Waals surface area contributed by atoms with Crippen LogP contribution in [0.5, 0.6) is 0 Å². The zero-order chi connectivity index (χ0) is 15.9. The minimum absolute atomic E-state index is 0.0804. The summed E-state index contributed by atoms with van der Waals surface area (Å²) in [5.74, 6) is 0.316. The lowest BCUT2D eigenvalue weighted by molar-refractivity contribution is -0.137. The molecular weight excluding hydrogens is 297 g/mol. The Bertz CT molecular complexity index is 696. The molecule has 1 amide bonds. The number of likely N-dealkylation sites (tertiary alicyclic amines) is 1. The molecule has 1 aliphatic heterocycles. The highest BCUT2D eigenvalue weighted by atomic mass is 19.4. The smallest absolute Gasteiger partial charge is 0.416 e. The van der Waals surface area contributed by atoms with Crippen LogP contribution in [0.1, 0.15) is 37.1 Å². The van der Waals surface area contributed by atoms with E-state index in [0.717, 1.165) is 31.4 Å². The molecule has 2 aromatic rings. The van der Waals surface area contributed by atoms with Crippen molar-refractivity contribution >= 4 is 17.5 Å². The van der Waals surface area contributed by atoms with Crippen LogP contribution in [0.2, 0.25) is 0 Å². The Hall–Kier alpha value is -2.05. The first-order valence-electron chi connectivity index (χ1n) is 7.07. The molecule has 1 fully saturated rings. The lowest BCUT2D eigenvalue weighted by Gasteiger charge is -2.33. The largest absolute Gasteiger partial charge is 0.440 e. The summed E-state index contributed by atoms with van der Waals surface area (Å²) in [6.07, 6.45) is -2.00. The van der Waals surface area contributed by atoms with E-state index in [1.54, 1.807) is 4.90 Å². The van der Waals surface area contributed by atoms with E-state index in [0.29, 0.717) is 18.0 Å². The van der Waals surface area contributed by atoms with Crippen LogP contribution < -0.4 is 0 Å². The number of piperidine rings is 1. The van der Waals surface area contributed by atoms with Gasteiger partial charge in [0, 0.05) is 12.6 Å². The minimum atomic E-state index is -4.40. The van der Waals surface area contributed by atoms with Crippen molar-refractivity contribution in [1.82, 2.24) is 9.88 Å². The maximum Gasteiger partial charge on any atom is 0.416 e. The maximum absolute atomic E-state index is 12.7. The van der Waals surface area contributed by atoms with Gasteiger partial charge in [-0.05, 0) is 38.0 Å². The van der Waals surface area contributed by atoms with Crippen molar-refractivity contribution in [3.05, 3.63) is 29.7 Å². The second-order valence-electron chi connectivity index (χ2n) is 5.66.